The van der Waals surface area contributed by atoms with E-state index in [0.29, 0.717) is 17.9 Å². The van der Waals surface area contributed by atoms with Crippen molar-refractivity contribution in [1.29, 1.82) is 0 Å². The summed E-state index contributed by atoms with van der Waals surface area (Å²) >= 11 is 1.86. The molecule has 0 radical (unpaired) electrons. The standard InChI is InChI=1S/C17H22N4S/c1-2-12-14-13(18)9-17(15(12)14,22-16-19-10-20-21-16)8-11-6-4-3-5-7-11/h3-7,10,12-15H,2,8-9,18H2,1H3,(H,19,20,21)/t12-,13+,14+,15-,17+/m1/s1. The number of benzene rings is 1. The van der Waals surface area contributed by atoms with Crippen LogP contribution < -0.4 is 5.73 Å². The van der Waals surface area contributed by atoms with E-state index in [1.807, 2.05) is 11.8 Å². The Labute approximate surface area is 135 Å². The molecule has 0 amide bonds. The number of aromatic amines is 1. The van der Waals surface area contributed by atoms with Gasteiger partial charge in [0, 0.05) is 10.8 Å². The van der Waals surface area contributed by atoms with E-state index in [2.05, 4.69) is 52.4 Å². The number of nitrogens with zero attached hydrogens (tertiary/aromatic N) is 2. The molecule has 116 valence electrons. The summed E-state index contributed by atoms with van der Waals surface area (Å²) < 4.78 is 0.158. The van der Waals surface area contributed by atoms with Gasteiger partial charge in [0.05, 0.1) is 0 Å². The lowest BCUT2D eigenvalue weighted by Crippen LogP contribution is -2.34. The zero-order chi connectivity index (χ0) is 15.2. The maximum Gasteiger partial charge on any atom is 0.183 e. The highest BCUT2D eigenvalue weighted by molar-refractivity contribution is 8.00. The Kier molecular flexibility index (Phi) is 3.50. The number of nitrogens with one attached hydrogen (secondary N) is 1. The Morgan fingerprint density at radius 3 is 2.82 bits per heavy atom. The van der Waals surface area contributed by atoms with Crippen molar-refractivity contribution < 1.29 is 0 Å². The Bertz CT molecular complexity index is 629. The van der Waals surface area contributed by atoms with Gasteiger partial charge in [-0.05, 0) is 36.2 Å². The van der Waals surface area contributed by atoms with Gasteiger partial charge in [-0.1, -0.05) is 55.4 Å². The van der Waals surface area contributed by atoms with Crippen LogP contribution in [0.2, 0.25) is 0 Å². The normalized spacial score (nSPS) is 36.3. The number of hydrogen-bond acceptors (Lipinski definition) is 4. The van der Waals surface area contributed by atoms with E-state index in [-0.39, 0.29) is 4.75 Å². The topological polar surface area (TPSA) is 67.6 Å². The molecule has 1 heterocycles. The van der Waals surface area contributed by atoms with Crippen LogP contribution in [0.3, 0.4) is 0 Å². The summed E-state index contributed by atoms with van der Waals surface area (Å²) in [6.07, 6.45) is 4.95. The van der Waals surface area contributed by atoms with Crippen LogP contribution in [0.4, 0.5) is 0 Å². The van der Waals surface area contributed by atoms with Crippen LogP contribution in [0.25, 0.3) is 0 Å². The number of hydrogen-bond donors (Lipinski definition) is 2. The summed E-state index contributed by atoms with van der Waals surface area (Å²) in [5.41, 5.74) is 7.88. The van der Waals surface area contributed by atoms with Gasteiger partial charge in [-0.15, -0.1) is 0 Å². The summed E-state index contributed by atoms with van der Waals surface area (Å²) in [5, 5.41) is 7.96. The van der Waals surface area contributed by atoms with Crippen LogP contribution in [0.5, 0.6) is 0 Å². The average Bonchev–Trinajstić information content (AvgIpc) is 2.95. The molecule has 0 aliphatic heterocycles. The van der Waals surface area contributed by atoms with Crippen molar-refractivity contribution in [2.45, 2.75) is 42.1 Å². The molecule has 4 nitrogen and oxygen atoms in total. The fourth-order valence-corrected chi connectivity index (χ4v) is 6.20. The Hall–Kier alpha value is -1.33. The van der Waals surface area contributed by atoms with Crippen molar-refractivity contribution in [3.8, 4) is 0 Å². The summed E-state index contributed by atoms with van der Waals surface area (Å²) in [6, 6.07) is 11.1. The first-order valence-electron chi connectivity index (χ1n) is 8.07. The summed E-state index contributed by atoms with van der Waals surface area (Å²) in [4.78, 5) is 4.35. The quantitative estimate of drug-likeness (QED) is 0.890. The lowest BCUT2D eigenvalue weighted by Gasteiger charge is -2.32. The number of aromatic nitrogens is 3. The van der Waals surface area contributed by atoms with Crippen LogP contribution in [0, 0.1) is 17.8 Å². The van der Waals surface area contributed by atoms with Crippen LogP contribution in [-0.4, -0.2) is 26.0 Å². The van der Waals surface area contributed by atoms with E-state index < -0.39 is 0 Å². The molecular weight excluding hydrogens is 292 g/mol. The monoisotopic (exact) mass is 314 g/mol. The molecule has 0 saturated heterocycles. The van der Waals surface area contributed by atoms with Gasteiger partial charge < -0.3 is 5.73 Å². The van der Waals surface area contributed by atoms with Gasteiger partial charge in [-0.3, -0.25) is 5.10 Å². The molecule has 5 heteroatoms. The third-order valence-electron chi connectivity index (χ3n) is 5.42. The fourth-order valence-electron chi connectivity index (χ4n) is 4.64. The molecule has 3 N–H and O–H groups in total. The molecule has 2 aliphatic carbocycles. The van der Waals surface area contributed by atoms with E-state index >= 15 is 0 Å². The highest BCUT2D eigenvalue weighted by Gasteiger charge is 2.68. The molecule has 5 atom stereocenters. The highest BCUT2D eigenvalue weighted by atomic mass is 32.2. The molecule has 22 heavy (non-hydrogen) atoms. The predicted molar refractivity (Wildman–Crippen MR) is 88.5 cm³/mol. The Morgan fingerprint density at radius 1 is 1.36 bits per heavy atom. The lowest BCUT2D eigenvalue weighted by atomic mass is 9.89. The Morgan fingerprint density at radius 2 is 2.18 bits per heavy atom. The van der Waals surface area contributed by atoms with E-state index in [0.717, 1.165) is 23.9 Å². The van der Waals surface area contributed by atoms with Crippen molar-refractivity contribution in [2.24, 2.45) is 23.5 Å². The van der Waals surface area contributed by atoms with Crippen molar-refractivity contribution in [1.82, 2.24) is 15.2 Å². The van der Waals surface area contributed by atoms with Crippen molar-refractivity contribution in [3.05, 3.63) is 42.2 Å². The Balaban J connectivity index is 1.66. The van der Waals surface area contributed by atoms with Gasteiger partial charge >= 0.3 is 0 Å². The first-order chi connectivity index (χ1) is 10.7. The summed E-state index contributed by atoms with van der Waals surface area (Å²) in [5.74, 6) is 2.19. The minimum Gasteiger partial charge on any atom is -0.327 e. The first kappa shape index (κ1) is 14.3. The average molecular weight is 314 g/mol. The zero-order valence-electron chi connectivity index (χ0n) is 12.8. The second-order valence-electron chi connectivity index (χ2n) is 6.66. The van der Waals surface area contributed by atoms with E-state index in [4.69, 9.17) is 5.73 Å². The van der Waals surface area contributed by atoms with Crippen LogP contribution >= 0.6 is 11.8 Å². The van der Waals surface area contributed by atoms with E-state index in [9.17, 15) is 0 Å². The SMILES string of the molecule is CC[C@@H]1[C@@H]2[C@@H]1[C@@](Cc1ccccc1)(Sc1ncn[nH]1)C[C@@H]2N. The molecule has 0 spiro atoms. The number of H-pyrrole nitrogens is 1. The maximum atomic E-state index is 6.48. The molecule has 2 aromatic rings. The molecule has 2 aliphatic rings. The van der Waals surface area contributed by atoms with Gasteiger partial charge in [0.15, 0.2) is 5.16 Å². The number of rotatable bonds is 5. The van der Waals surface area contributed by atoms with Gasteiger partial charge in [-0.25, -0.2) is 4.98 Å². The van der Waals surface area contributed by atoms with Gasteiger partial charge in [0.1, 0.15) is 6.33 Å². The molecule has 0 unspecified atom stereocenters. The second-order valence-corrected chi connectivity index (χ2v) is 8.07. The molecule has 4 rings (SSSR count). The van der Waals surface area contributed by atoms with Gasteiger partial charge in [-0.2, -0.15) is 5.10 Å². The van der Waals surface area contributed by atoms with Crippen LogP contribution in [0.15, 0.2) is 41.8 Å². The fraction of sp³-hybridized carbons (Fsp3) is 0.529. The molecule has 1 aromatic carbocycles. The molecule has 2 saturated carbocycles. The van der Waals surface area contributed by atoms with Gasteiger partial charge in [0.25, 0.3) is 0 Å². The summed E-state index contributed by atoms with van der Waals surface area (Å²) in [7, 11) is 0. The lowest BCUT2D eigenvalue weighted by molar-refractivity contribution is 0.439. The second kappa shape index (κ2) is 5.39. The summed E-state index contributed by atoms with van der Waals surface area (Å²) in [6.45, 7) is 2.29. The van der Waals surface area contributed by atoms with Crippen LogP contribution in [-0.2, 0) is 6.42 Å². The molecule has 0 bridgehead atoms. The zero-order valence-corrected chi connectivity index (χ0v) is 13.6. The van der Waals surface area contributed by atoms with Crippen LogP contribution in [0.1, 0.15) is 25.3 Å². The van der Waals surface area contributed by atoms with Crippen molar-refractivity contribution in [2.75, 3.05) is 0 Å². The number of thioether (sulfide) groups is 1. The minimum absolute atomic E-state index is 0.158. The van der Waals surface area contributed by atoms with E-state index in [1.54, 1.807) is 6.33 Å². The largest absolute Gasteiger partial charge is 0.327 e. The van der Waals surface area contributed by atoms with Crippen molar-refractivity contribution >= 4 is 11.8 Å². The predicted octanol–water partition coefficient (Wildman–Crippen LogP) is 2.88. The highest BCUT2D eigenvalue weighted by Crippen LogP contribution is 2.68. The smallest absolute Gasteiger partial charge is 0.183 e. The number of fused-ring (bicyclic) bond motifs is 1. The van der Waals surface area contributed by atoms with Crippen molar-refractivity contribution in [3.63, 3.8) is 0 Å². The minimum atomic E-state index is 0.158. The number of nitrogens with two attached hydrogens (primary N) is 1. The first-order valence-corrected chi connectivity index (χ1v) is 8.89. The van der Waals surface area contributed by atoms with Gasteiger partial charge in [0.2, 0.25) is 0 Å². The molecule has 2 fully saturated rings. The third-order valence-corrected chi connectivity index (χ3v) is 6.80. The third kappa shape index (κ3) is 2.27. The maximum absolute atomic E-state index is 6.48. The van der Waals surface area contributed by atoms with E-state index in [1.165, 1.54) is 12.0 Å². The molecule has 1 aromatic heterocycles. The molecular formula is C17H22N4S.